The predicted octanol–water partition coefficient (Wildman–Crippen LogP) is 14.5. The number of rotatable bonds is 6. The Morgan fingerprint density at radius 3 is 1.59 bits per heavy atom. The smallest absolute Gasteiger partial charge is 0.139 e. The number of nitrogens with zero attached hydrogens (tertiary/aromatic N) is 1. The molecule has 10 aromatic rings. The lowest BCUT2D eigenvalue weighted by Crippen LogP contribution is -2.34. The van der Waals surface area contributed by atoms with Crippen LogP contribution in [0, 0.1) is 0 Å². The van der Waals surface area contributed by atoms with E-state index in [-0.39, 0.29) is 11.3 Å². The van der Waals surface area contributed by atoms with E-state index in [4.69, 9.17) is 4.42 Å². The van der Waals surface area contributed by atoms with E-state index < -0.39 is 0 Å². The average Bonchev–Trinajstić information content (AvgIpc) is 3.79. The van der Waals surface area contributed by atoms with Gasteiger partial charge in [0.25, 0.3) is 0 Å². The van der Waals surface area contributed by atoms with Crippen molar-refractivity contribution in [3.8, 4) is 11.1 Å². The first-order valence-corrected chi connectivity index (χ1v) is 20.4. The second kappa shape index (κ2) is 12.9. The third-order valence-corrected chi connectivity index (χ3v) is 12.9. The Bertz CT molecular complexity index is 3040. The quantitative estimate of drug-likeness (QED) is 0.158. The first kappa shape index (κ1) is 33.0. The molecule has 9 aromatic carbocycles. The van der Waals surface area contributed by atoms with Crippen molar-refractivity contribution in [2.45, 2.75) is 24.2 Å². The van der Waals surface area contributed by atoms with Crippen LogP contribution in [0.1, 0.15) is 44.9 Å². The van der Waals surface area contributed by atoms with Gasteiger partial charge in [-0.1, -0.05) is 164 Å². The molecule has 2 nitrogen and oxygen atoms in total. The van der Waals surface area contributed by atoms with Crippen LogP contribution in [0.5, 0.6) is 0 Å². The molecule has 0 amide bonds. The molecule has 58 heavy (non-hydrogen) atoms. The molecule has 2 heteroatoms. The maximum atomic E-state index is 7.27. The van der Waals surface area contributed by atoms with Crippen LogP contribution in [0.15, 0.2) is 211 Å². The molecule has 1 spiro atoms. The first-order chi connectivity index (χ1) is 28.7. The molecule has 0 bridgehead atoms. The molecule has 0 saturated carbocycles. The highest BCUT2D eigenvalue weighted by Crippen LogP contribution is 2.58. The Labute approximate surface area is 338 Å². The molecule has 0 unspecified atom stereocenters. The minimum atomic E-state index is -0.271. The molecule has 274 valence electrons. The Kier molecular flexibility index (Phi) is 7.37. The molecule has 0 radical (unpaired) electrons. The van der Waals surface area contributed by atoms with Crippen LogP contribution < -0.4 is 4.90 Å². The largest absolute Gasteiger partial charge is 0.456 e. The van der Waals surface area contributed by atoms with E-state index in [0.717, 1.165) is 40.8 Å². The van der Waals surface area contributed by atoms with E-state index in [9.17, 15) is 0 Å². The minimum Gasteiger partial charge on any atom is -0.456 e. The van der Waals surface area contributed by atoms with Crippen LogP contribution in [0.2, 0.25) is 0 Å². The van der Waals surface area contributed by atoms with E-state index >= 15 is 0 Å². The van der Waals surface area contributed by atoms with Crippen molar-refractivity contribution in [1.82, 2.24) is 0 Å². The molecule has 1 aromatic heterocycles. The van der Waals surface area contributed by atoms with Crippen molar-refractivity contribution in [1.29, 1.82) is 0 Å². The average molecular weight is 742 g/mol. The van der Waals surface area contributed by atoms with Gasteiger partial charge in [0.05, 0.1) is 5.69 Å². The summed E-state index contributed by atoms with van der Waals surface area (Å²) in [5, 5.41) is 4.91. The van der Waals surface area contributed by atoms with Gasteiger partial charge >= 0.3 is 0 Å². The van der Waals surface area contributed by atoms with Gasteiger partial charge in [0.15, 0.2) is 0 Å². The van der Waals surface area contributed by atoms with Crippen LogP contribution in [0.4, 0.5) is 17.1 Å². The van der Waals surface area contributed by atoms with E-state index in [2.05, 4.69) is 211 Å². The number of anilines is 3. The zero-order chi connectivity index (χ0) is 38.2. The molecule has 1 heterocycles. The Morgan fingerprint density at radius 1 is 0.448 bits per heavy atom. The van der Waals surface area contributed by atoms with Crippen molar-refractivity contribution in [2.24, 2.45) is 0 Å². The lowest BCUT2D eigenvalue weighted by Gasteiger charge is -2.39. The molecule has 2 aliphatic rings. The summed E-state index contributed by atoms with van der Waals surface area (Å²) in [6.07, 6.45) is 1.73. The fourth-order valence-electron chi connectivity index (χ4n) is 10.6. The number of benzene rings is 9. The first-order valence-electron chi connectivity index (χ1n) is 20.4. The summed E-state index contributed by atoms with van der Waals surface area (Å²) in [4.78, 5) is 2.45. The van der Waals surface area contributed by atoms with Gasteiger partial charge in [0.2, 0.25) is 0 Å². The molecule has 12 rings (SSSR count). The number of furan rings is 1. The van der Waals surface area contributed by atoms with Crippen LogP contribution in [0.25, 0.3) is 43.8 Å². The number of hydrogen-bond donors (Lipinski definition) is 0. The monoisotopic (exact) mass is 741 g/mol. The molecular weight excluding hydrogens is 703 g/mol. The molecular formula is C56H39NO. The summed E-state index contributed by atoms with van der Waals surface area (Å²) in [7, 11) is 0. The fraction of sp³-hybridized carbons (Fsp3) is 0.0714. The second-order valence-corrected chi connectivity index (χ2v) is 16.0. The van der Waals surface area contributed by atoms with E-state index in [1.54, 1.807) is 0 Å². The van der Waals surface area contributed by atoms with Gasteiger partial charge in [-0.15, -0.1) is 0 Å². The highest BCUT2D eigenvalue weighted by molar-refractivity contribution is 6.14. The molecule has 0 aliphatic heterocycles. The van der Waals surface area contributed by atoms with Crippen molar-refractivity contribution >= 4 is 49.8 Å². The molecule has 0 fully saturated rings. The van der Waals surface area contributed by atoms with E-state index in [0.29, 0.717) is 0 Å². The molecule has 2 aliphatic carbocycles. The van der Waals surface area contributed by atoms with Crippen LogP contribution >= 0.6 is 0 Å². The van der Waals surface area contributed by atoms with Crippen LogP contribution in [0.3, 0.4) is 0 Å². The Hall–Kier alpha value is -7.16. The molecule has 0 N–H and O–H groups in total. The van der Waals surface area contributed by atoms with Crippen LogP contribution in [-0.4, -0.2) is 0 Å². The number of fused-ring (bicyclic) bond motifs is 9. The highest BCUT2D eigenvalue weighted by Gasteiger charge is 2.47. The zero-order valence-corrected chi connectivity index (χ0v) is 32.0. The third-order valence-electron chi connectivity index (χ3n) is 12.9. The summed E-state index contributed by atoms with van der Waals surface area (Å²) < 4.78 is 7.27. The lowest BCUT2D eigenvalue weighted by atomic mass is 9.65. The van der Waals surface area contributed by atoms with Crippen molar-refractivity contribution in [3.05, 3.63) is 245 Å². The van der Waals surface area contributed by atoms with Gasteiger partial charge in [-0.3, -0.25) is 0 Å². The van der Waals surface area contributed by atoms with E-state index in [1.165, 1.54) is 71.9 Å². The van der Waals surface area contributed by atoms with Crippen molar-refractivity contribution in [3.63, 3.8) is 0 Å². The SMILES string of the molecule is c1ccc(C(c2ccccc2)c2ccc3c(c2)oc2c4c5c(c(N(c6ccccc6)c6ccccc6)ccc5cc23)CC2(C4)c3ccccc3-c3ccccc32)cc1. The maximum absolute atomic E-state index is 7.27. The summed E-state index contributed by atoms with van der Waals surface area (Å²) >= 11 is 0. The Balaban J connectivity index is 1.15. The van der Waals surface area contributed by atoms with Gasteiger partial charge in [0.1, 0.15) is 11.2 Å². The van der Waals surface area contributed by atoms with Crippen molar-refractivity contribution in [2.75, 3.05) is 4.90 Å². The van der Waals surface area contributed by atoms with Gasteiger partial charge in [0, 0.05) is 39.0 Å². The number of hydrogen-bond acceptors (Lipinski definition) is 2. The summed E-state index contributed by atoms with van der Waals surface area (Å²) in [6.45, 7) is 0. The molecule has 0 atom stereocenters. The topological polar surface area (TPSA) is 16.4 Å². The fourth-order valence-corrected chi connectivity index (χ4v) is 10.6. The highest BCUT2D eigenvalue weighted by atomic mass is 16.3. The summed E-state index contributed by atoms with van der Waals surface area (Å²) in [5.41, 5.74) is 17.0. The summed E-state index contributed by atoms with van der Waals surface area (Å²) in [5.74, 6) is 0.0864. The van der Waals surface area contributed by atoms with E-state index in [1.807, 2.05) is 0 Å². The van der Waals surface area contributed by atoms with Gasteiger partial charge in [-0.25, -0.2) is 0 Å². The lowest BCUT2D eigenvalue weighted by molar-refractivity contribution is 0.510. The maximum Gasteiger partial charge on any atom is 0.139 e. The van der Waals surface area contributed by atoms with Crippen LogP contribution in [-0.2, 0) is 18.3 Å². The Morgan fingerprint density at radius 2 is 0.983 bits per heavy atom. The van der Waals surface area contributed by atoms with Gasteiger partial charge < -0.3 is 9.32 Å². The standard InChI is InChI=1S/C56H39NO/c1-5-17-37(18-6-1)53(38-19-7-2-8-20-38)40-29-31-45-46-33-39-30-32-51(57(41-21-9-3-10-22-41)42-23-11-4-12-24-42)47-35-56(36-48(54(39)47)55(46)58-52(45)34-40)49-27-15-13-25-43(49)44-26-14-16-28-50(44)56/h1-34,53H,35-36H2. The van der Waals surface area contributed by atoms with Gasteiger partial charge in [-0.05, 0) is 111 Å². The third kappa shape index (κ3) is 4.91. The number of para-hydroxylation sites is 2. The predicted molar refractivity (Wildman–Crippen MR) is 240 cm³/mol. The second-order valence-electron chi connectivity index (χ2n) is 16.0. The minimum absolute atomic E-state index is 0.0864. The normalized spacial score (nSPS) is 13.7. The summed E-state index contributed by atoms with van der Waals surface area (Å²) in [6, 6.07) is 75.6. The van der Waals surface area contributed by atoms with Gasteiger partial charge in [-0.2, -0.15) is 0 Å². The molecule has 0 saturated heterocycles. The zero-order valence-electron chi connectivity index (χ0n) is 32.0. The van der Waals surface area contributed by atoms with Crippen molar-refractivity contribution < 1.29 is 4.42 Å².